The zero-order valence-corrected chi connectivity index (χ0v) is 10.0. The summed E-state index contributed by atoms with van der Waals surface area (Å²) in [5, 5.41) is 16.1. The van der Waals surface area contributed by atoms with Crippen LogP contribution in [0.25, 0.3) is 11.0 Å². The zero-order valence-electron chi connectivity index (χ0n) is 9.18. The number of nitrogens with zero attached hydrogens (tertiary/aromatic N) is 3. The Morgan fingerprint density at radius 3 is 2.47 bits per heavy atom. The van der Waals surface area contributed by atoms with Gasteiger partial charge >= 0.3 is 0 Å². The molecule has 1 heterocycles. The summed E-state index contributed by atoms with van der Waals surface area (Å²) in [4.78, 5) is 0.759. The number of aromatic nitrogens is 3. The Morgan fingerprint density at radius 1 is 1.35 bits per heavy atom. The maximum absolute atomic E-state index is 9.79. The standard InChI is InChI=1S/C6H5N3O.C3H8O3S/c10-9-6-4-2-1-3-5(6)7-8-9;1-2-3-7(4,5)6/h1-4,10H;2-3H2,1H3,(H,4,5,6). The molecule has 0 fully saturated rings. The van der Waals surface area contributed by atoms with Crippen molar-refractivity contribution < 1.29 is 18.2 Å². The second-order valence-electron chi connectivity index (χ2n) is 3.25. The van der Waals surface area contributed by atoms with E-state index in [0.717, 1.165) is 4.85 Å². The third-order valence-electron chi connectivity index (χ3n) is 1.80. The van der Waals surface area contributed by atoms with Crippen LogP contribution in [0.5, 0.6) is 0 Å². The van der Waals surface area contributed by atoms with E-state index in [9.17, 15) is 8.42 Å². The lowest BCUT2D eigenvalue weighted by Crippen LogP contribution is -2.01. The highest BCUT2D eigenvalue weighted by Gasteiger charge is 1.98. The molecule has 1 aromatic heterocycles. The average Bonchev–Trinajstić information content (AvgIpc) is 2.61. The predicted octanol–water partition coefficient (Wildman–Crippen LogP) is 0.953. The van der Waals surface area contributed by atoms with Crippen molar-refractivity contribution in [2.24, 2.45) is 0 Å². The first-order valence-corrected chi connectivity index (χ1v) is 6.50. The lowest BCUT2D eigenvalue weighted by Gasteiger charge is -1.85. The van der Waals surface area contributed by atoms with Gasteiger partial charge in [-0.2, -0.15) is 8.42 Å². The molecule has 2 N–H and O–H groups in total. The molecule has 0 unspecified atom stereocenters. The molecule has 8 heteroatoms. The maximum Gasteiger partial charge on any atom is 0.264 e. The van der Waals surface area contributed by atoms with E-state index >= 15 is 0 Å². The highest BCUT2D eigenvalue weighted by atomic mass is 32.2. The summed E-state index contributed by atoms with van der Waals surface area (Å²) in [6.07, 6.45) is 0.471. The molecule has 2 rings (SSSR count). The van der Waals surface area contributed by atoms with E-state index in [2.05, 4.69) is 10.3 Å². The summed E-state index contributed by atoms with van der Waals surface area (Å²) in [6, 6.07) is 7.19. The van der Waals surface area contributed by atoms with E-state index in [-0.39, 0.29) is 5.75 Å². The smallest absolute Gasteiger partial charge is 0.264 e. The van der Waals surface area contributed by atoms with Gasteiger partial charge in [0.1, 0.15) is 11.0 Å². The Balaban J connectivity index is 0.000000185. The predicted molar refractivity (Wildman–Crippen MR) is 61.4 cm³/mol. The van der Waals surface area contributed by atoms with Crippen LogP contribution in [0.3, 0.4) is 0 Å². The van der Waals surface area contributed by atoms with Crippen molar-refractivity contribution in [2.45, 2.75) is 13.3 Å². The summed E-state index contributed by atoms with van der Waals surface area (Å²) in [5.74, 6) is -0.132. The monoisotopic (exact) mass is 259 g/mol. The molecule has 0 spiro atoms. The molecule has 0 bridgehead atoms. The molecule has 17 heavy (non-hydrogen) atoms. The van der Waals surface area contributed by atoms with E-state index in [4.69, 9.17) is 9.76 Å². The van der Waals surface area contributed by atoms with Crippen LogP contribution in [0.1, 0.15) is 13.3 Å². The largest absolute Gasteiger partial charge is 0.410 e. The van der Waals surface area contributed by atoms with Crippen molar-refractivity contribution in [1.82, 2.24) is 15.2 Å². The van der Waals surface area contributed by atoms with Crippen LogP contribution in [-0.2, 0) is 10.1 Å². The maximum atomic E-state index is 9.79. The molecular weight excluding hydrogens is 246 g/mol. The third kappa shape index (κ3) is 4.37. The summed E-state index contributed by atoms with van der Waals surface area (Å²) in [6.45, 7) is 1.69. The van der Waals surface area contributed by atoms with Gasteiger partial charge < -0.3 is 5.21 Å². The van der Waals surface area contributed by atoms with Crippen LogP contribution in [0.15, 0.2) is 24.3 Å². The molecule has 0 saturated heterocycles. The van der Waals surface area contributed by atoms with E-state index < -0.39 is 10.1 Å². The first kappa shape index (κ1) is 13.4. The number of hydrogen-bond donors (Lipinski definition) is 2. The first-order valence-electron chi connectivity index (χ1n) is 4.89. The van der Waals surface area contributed by atoms with E-state index in [1.807, 2.05) is 12.1 Å². The molecule has 1 aromatic carbocycles. The molecule has 94 valence electrons. The van der Waals surface area contributed by atoms with Crippen LogP contribution in [0.2, 0.25) is 0 Å². The van der Waals surface area contributed by atoms with Gasteiger partial charge in [-0.05, 0) is 23.8 Å². The molecule has 7 nitrogen and oxygen atoms in total. The SMILES string of the molecule is CCCS(=O)(=O)O.On1nnc2ccccc21. The summed E-state index contributed by atoms with van der Waals surface area (Å²) in [7, 11) is -3.67. The molecule has 0 atom stereocenters. The van der Waals surface area contributed by atoms with Crippen molar-refractivity contribution in [3.63, 3.8) is 0 Å². The highest BCUT2D eigenvalue weighted by Crippen LogP contribution is 2.06. The molecule has 0 radical (unpaired) electrons. The van der Waals surface area contributed by atoms with Gasteiger partial charge in [0, 0.05) is 0 Å². The molecule has 0 aliphatic rings. The minimum absolute atomic E-state index is 0.132. The minimum atomic E-state index is -3.67. The first-order chi connectivity index (χ1) is 7.94. The number of benzene rings is 1. The second-order valence-corrected chi connectivity index (χ2v) is 4.83. The lowest BCUT2D eigenvalue weighted by atomic mass is 10.3. The molecular formula is C9H13N3O4S. The fraction of sp³-hybridized carbons (Fsp3) is 0.333. The van der Waals surface area contributed by atoms with Crippen molar-refractivity contribution in [2.75, 3.05) is 5.75 Å². The quantitative estimate of drug-likeness (QED) is 0.614. The van der Waals surface area contributed by atoms with Gasteiger partial charge in [0.25, 0.3) is 10.1 Å². The molecule has 0 aliphatic carbocycles. The second kappa shape index (κ2) is 5.60. The van der Waals surface area contributed by atoms with Crippen LogP contribution in [-0.4, -0.2) is 39.1 Å². The normalized spacial score (nSPS) is 10.9. The fourth-order valence-corrected chi connectivity index (χ4v) is 1.63. The number of hydrogen-bond acceptors (Lipinski definition) is 5. The summed E-state index contributed by atoms with van der Waals surface area (Å²) in [5.41, 5.74) is 1.33. The Hall–Kier alpha value is -1.67. The van der Waals surface area contributed by atoms with Crippen molar-refractivity contribution in [3.8, 4) is 0 Å². The van der Waals surface area contributed by atoms with Gasteiger partial charge in [-0.1, -0.05) is 23.9 Å². The van der Waals surface area contributed by atoms with Crippen molar-refractivity contribution in [3.05, 3.63) is 24.3 Å². The number of rotatable bonds is 2. The molecule has 2 aromatic rings. The van der Waals surface area contributed by atoms with Crippen LogP contribution in [0.4, 0.5) is 0 Å². The zero-order chi connectivity index (χ0) is 12.9. The van der Waals surface area contributed by atoms with Crippen LogP contribution < -0.4 is 0 Å². The Morgan fingerprint density at radius 2 is 2.00 bits per heavy atom. The van der Waals surface area contributed by atoms with Gasteiger partial charge in [-0.15, -0.1) is 5.10 Å². The Kier molecular flexibility index (Phi) is 4.41. The fourth-order valence-electron chi connectivity index (χ4n) is 1.11. The van der Waals surface area contributed by atoms with Gasteiger partial charge in [0.15, 0.2) is 0 Å². The topological polar surface area (TPSA) is 105 Å². The van der Waals surface area contributed by atoms with E-state index in [0.29, 0.717) is 17.5 Å². The summed E-state index contributed by atoms with van der Waals surface area (Å²) >= 11 is 0. The van der Waals surface area contributed by atoms with Crippen molar-refractivity contribution in [1.29, 1.82) is 0 Å². The van der Waals surface area contributed by atoms with Gasteiger partial charge in [-0.3, -0.25) is 4.55 Å². The van der Waals surface area contributed by atoms with E-state index in [1.165, 1.54) is 0 Å². The van der Waals surface area contributed by atoms with Crippen LogP contribution in [0, 0.1) is 0 Å². The van der Waals surface area contributed by atoms with Gasteiger partial charge in [0.2, 0.25) is 0 Å². The van der Waals surface area contributed by atoms with E-state index in [1.54, 1.807) is 19.1 Å². The number of para-hydroxylation sites is 1. The van der Waals surface area contributed by atoms with Crippen molar-refractivity contribution >= 4 is 21.2 Å². The summed E-state index contributed by atoms with van der Waals surface area (Å²) < 4.78 is 27.6. The Labute approximate surface area is 98.4 Å². The lowest BCUT2D eigenvalue weighted by molar-refractivity contribution is 0.155. The Bertz CT molecular complexity index is 579. The molecule has 0 aliphatic heterocycles. The average molecular weight is 259 g/mol. The van der Waals surface area contributed by atoms with Gasteiger partial charge in [0.05, 0.1) is 5.75 Å². The minimum Gasteiger partial charge on any atom is -0.410 e. The third-order valence-corrected chi connectivity index (χ3v) is 2.72. The highest BCUT2D eigenvalue weighted by molar-refractivity contribution is 7.85. The molecule has 0 saturated carbocycles. The molecule has 0 amide bonds. The van der Waals surface area contributed by atoms with Gasteiger partial charge in [-0.25, -0.2) is 0 Å². The van der Waals surface area contributed by atoms with Crippen LogP contribution >= 0.6 is 0 Å². The number of fused-ring (bicyclic) bond motifs is 1.